The molecule has 14 nitrogen and oxygen atoms in total. The van der Waals surface area contributed by atoms with Crippen LogP contribution in [-0.2, 0) is 52.5 Å². The van der Waals surface area contributed by atoms with E-state index in [4.69, 9.17) is 38.4 Å². The van der Waals surface area contributed by atoms with Crippen LogP contribution in [0.3, 0.4) is 0 Å². The van der Waals surface area contributed by atoms with Crippen molar-refractivity contribution < 1.29 is 38.0 Å². The van der Waals surface area contributed by atoms with Gasteiger partial charge in [0.15, 0.2) is 23.0 Å². The molecule has 4 heterocycles. The number of thiazole rings is 2. The Morgan fingerprint density at radius 3 is 1.73 bits per heavy atom. The Morgan fingerprint density at radius 2 is 1.10 bits per heavy atom. The zero-order valence-corrected chi connectivity index (χ0v) is 44.5. The van der Waals surface area contributed by atoms with Crippen LogP contribution in [0.15, 0.2) is 150 Å². The summed E-state index contributed by atoms with van der Waals surface area (Å²) in [6.07, 6.45) is 2.67. The van der Waals surface area contributed by atoms with E-state index in [1.54, 1.807) is 0 Å². The predicted molar refractivity (Wildman–Crippen MR) is 296 cm³/mol. The molecule has 2 amide bonds. The highest BCUT2D eigenvalue weighted by atomic mass is 32.1. The Hall–Kier alpha value is -7.76. The summed E-state index contributed by atoms with van der Waals surface area (Å²) >= 11 is 2.97. The van der Waals surface area contributed by atoms with Gasteiger partial charge in [-0.3, -0.25) is 19.4 Å². The zero-order valence-electron chi connectivity index (χ0n) is 42.9. The maximum Gasteiger partial charge on any atom is 0.270 e. The maximum absolute atomic E-state index is 13.9. The maximum atomic E-state index is 13.9. The van der Waals surface area contributed by atoms with E-state index in [0.717, 1.165) is 97.0 Å². The molecular weight excluding hydrogens is 1010 g/mol. The lowest BCUT2D eigenvalue weighted by atomic mass is 10.0. The van der Waals surface area contributed by atoms with Crippen molar-refractivity contribution >= 4 is 34.5 Å². The zero-order chi connectivity index (χ0) is 52.3. The predicted octanol–water partition coefficient (Wildman–Crippen LogP) is 11.4. The molecule has 16 heteroatoms. The van der Waals surface area contributed by atoms with Gasteiger partial charge in [0.05, 0.1) is 13.1 Å². The van der Waals surface area contributed by atoms with Crippen LogP contribution >= 0.6 is 22.7 Å². The number of amides is 2. The van der Waals surface area contributed by atoms with E-state index in [1.807, 2.05) is 89.6 Å². The number of benzene rings is 6. The summed E-state index contributed by atoms with van der Waals surface area (Å²) in [5.41, 5.74) is 8.41. The van der Waals surface area contributed by atoms with Gasteiger partial charge in [-0.25, -0.2) is 9.97 Å². The molecule has 8 aromatic rings. The Labute approximate surface area is 456 Å². The molecule has 2 atom stereocenters. The van der Waals surface area contributed by atoms with Crippen LogP contribution in [0.4, 0.5) is 0 Å². The SMILES string of the molecule is CCCCNC(=O)c1csc(CN(Cc2ccc(OCc3ccccc3)cc2)Cc2cc3c(c(C4CC4NC(=O)c4csc(CN(Cc5ccc(OCc6ccccc6)cc5)Cc5ccc6c(c5)OCO6)n4)c2)OCO3)n1. The van der Waals surface area contributed by atoms with Gasteiger partial charge in [-0.05, 0) is 88.7 Å². The summed E-state index contributed by atoms with van der Waals surface area (Å²) in [6, 6.07) is 46.8. The van der Waals surface area contributed by atoms with Crippen molar-refractivity contribution in [1.29, 1.82) is 0 Å². The molecule has 0 radical (unpaired) electrons. The van der Waals surface area contributed by atoms with Gasteiger partial charge in [0, 0.05) is 61.0 Å². The van der Waals surface area contributed by atoms with Gasteiger partial charge in [-0.1, -0.05) is 110 Å². The van der Waals surface area contributed by atoms with Crippen LogP contribution in [0, 0.1) is 0 Å². The number of unbranched alkanes of at least 4 members (excludes halogenated alkanes) is 1. The summed E-state index contributed by atoms with van der Waals surface area (Å²) in [5, 5.41) is 11.6. The van der Waals surface area contributed by atoms with Crippen molar-refractivity contribution in [2.45, 2.75) is 90.6 Å². The molecule has 77 heavy (non-hydrogen) atoms. The first-order chi connectivity index (χ1) is 37.8. The topological polar surface area (TPSA) is 146 Å². The summed E-state index contributed by atoms with van der Waals surface area (Å²) < 4.78 is 35.6. The van der Waals surface area contributed by atoms with Crippen LogP contribution < -0.4 is 39.1 Å². The first-order valence-electron chi connectivity index (χ1n) is 26.1. The van der Waals surface area contributed by atoms with Crippen molar-refractivity contribution in [3.63, 3.8) is 0 Å². The minimum atomic E-state index is -0.206. The summed E-state index contributed by atoms with van der Waals surface area (Å²) in [5.74, 6) is 4.17. The monoisotopic (exact) mass is 1070 g/mol. The number of rotatable bonds is 25. The molecule has 2 aliphatic heterocycles. The van der Waals surface area contributed by atoms with Crippen LogP contribution in [0.5, 0.6) is 34.5 Å². The molecule has 11 rings (SSSR count). The van der Waals surface area contributed by atoms with Gasteiger partial charge in [-0.15, -0.1) is 22.7 Å². The molecule has 1 aliphatic carbocycles. The molecule has 2 N–H and O–H groups in total. The molecule has 0 saturated heterocycles. The quantitative estimate of drug-likeness (QED) is 0.0525. The van der Waals surface area contributed by atoms with Crippen molar-refractivity contribution in [3.05, 3.63) is 211 Å². The summed E-state index contributed by atoms with van der Waals surface area (Å²) in [6.45, 7) is 7.56. The van der Waals surface area contributed by atoms with Crippen molar-refractivity contribution in [2.24, 2.45) is 0 Å². The molecule has 2 aromatic heterocycles. The molecule has 1 saturated carbocycles. The fourth-order valence-electron chi connectivity index (χ4n) is 9.50. The molecule has 2 unspecified atom stereocenters. The molecule has 1 fully saturated rings. The summed E-state index contributed by atoms with van der Waals surface area (Å²) in [7, 11) is 0. The Balaban J connectivity index is 0.753. The number of ether oxygens (including phenoxy) is 6. The van der Waals surface area contributed by atoms with E-state index in [-0.39, 0.29) is 37.4 Å². The number of hydrogen-bond acceptors (Lipinski definition) is 14. The Morgan fingerprint density at radius 1 is 0.571 bits per heavy atom. The molecule has 0 spiro atoms. The highest BCUT2D eigenvalue weighted by Gasteiger charge is 2.43. The van der Waals surface area contributed by atoms with Gasteiger partial charge in [0.2, 0.25) is 13.6 Å². The molecular formula is C61H60N6O8S2. The van der Waals surface area contributed by atoms with Gasteiger partial charge in [0.25, 0.3) is 11.8 Å². The Kier molecular flexibility index (Phi) is 16.3. The second-order valence-corrected chi connectivity index (χ2v) is 21.4. The average Bonchev–Trinajstić information content (AvgIpc) is 4.02. The van der Waals surface area contributed by atoms with Gasteiger partial charge >= 0.3 is 0 Å². The average molecular weight is 1070 g/mol. The highest BCUT2D eigenvalue weighted by Crippen LogP contribution is 2.50. The van der Waals surface area contributed by atoms with Gasteiger partial charge < -0.3 is 39.1 Å². The molecule has 6 aromatic carbocycles. The smallest absolute Gasteiger partial charge is 0.270 e. The highest BCUT2D eigenvalue weighted by molar-refractivity contribution is 7.10. The number of hydrogen-bond donors (Lipinski definition) is 2. The normalized spacial score (nSPS) is 14.9. The van der Waals surface area contributed by atoms with E-state index in [9.17, 15) is 9.59 Å². The lowest BCUT2D eigenvalue weighted by molar-refractivity contribution is 0.0938. The third kappa shape index (κ3) is 13.6. The van der Waals surface area contributed by atoms with Gasteiger partial charge in [-0.2, -0.15) is 0 Å². The van der Waals surface area contributed by atoms with Crippen LogP contribution in [0.25, 0.3) is 0 Å². The first-order valence-corrected chi connectivity index (χ1v) is 27.8. The third-order valence-corrected chi connectivity index (χ3v) is 15.2. The minimum Gasteiger partial charge on any atom is -0.489 e. The third-order valence-electron chi connectivity index (χ3n) is 13.6. The van der Waals surface area contributed by atoms with E-state index in [1.165, 1.54) is 22.7 Å². The van der Waals surface area contributed by atoms with Crippen molar-refractivity contribution in [3.8, 4) is 34.5 Å². The standard InChI is InChI=1S/C61H60N6O8S2/c1-2-3-24-62-60(68)52-37-76-57(63-52)34-67(30-42-16-21-48(22-17-42)71-36-44-12-8-5-9-13-44)32-46-25-50(59-56(27-46)74-40-75-59)49-28-51(49)65-61(69)53-38-77-58(64-53)33-66(31-45-18-23-54-55(26-45)73-39-72-54)29-41-14-19-47(20-15-41)70-35-43-10-6-4-7-11-43/h4-23,25-27,37-38,49,51H,2-3,24,28-36,39-40H2,1H3,(H,62,68)(H,65,69). The van der Waals surface area contributed by atoms with Crippen molar-refractivity contribution in [1.82, 2.24) is 30.4 Å². The minimum absolute atomic E-state index is 0.0318. The largest absolute Gasteiger partial charge is 0.489 e. The van der Waals surface area contributed by atoms with Crippen LogP contribution in [-0.4, -0.2) is 57.8 Å². The summed E-state index contributed by atoms with van der Waals surface area (Å²) in [4.78, 5) is 41.2. The second-order valence-electron chi connectivity index (χ2n) is 19.5. The van der Waals surface area contributed by atoms with E-state index in [0.29, 0.717) is 76.2 Å². The number of nitrogens with one attached hydrogen (secondary N) is 2. The fourth-order valence-corrected chi connectivity index (χ4v) is 11.1. The van der Waals surface area contributed by atoms with E-state index < -0.39 is 0 Å². The van der Waals surface area contributed by atoms with Crippen LogP contribution in [0.2, 0.25) is 0 Å². The second kappa shape index (κ2) is 24.5. The molecule has 0 bridgehead atoms. The first kappa shape index (κ1) is 51.4. The number of carbonyl (C=O) groups excluding carboxylic acids is 2. The molecule has 3 aliphatic rings. The Bertz CT molecular complexity index is 3260. The fraction of sp³-hybridized carbons (Fsp3) is 0.279. The number of aromatic nitrogens is 2. The van der Waals surface area contributed by atoms with Gasteiger partial charge in [0.1, 0.15) is 46.1 Å². The number of nitrogens with zero attached hydrogens (tertiary/aromatic N) is 4. The number of fused-ring (bicyclic) bond motifs is 2. The van der Waals surface area contributed by atoms with E-state index in [2.05, 4.69) is 88.0 Å². The number of carbonyl (C=O) groups is 2. The lowest BCUT2D eigenvalue weighted by Crippen LogP contribution is -2.27. The van der Waals surface area contributed by atoms with Crippen molar-refractivity contribution in [2.75, 3.05) is 20.1 Å². The van der Waals surface area contributed by atoms with Crippen LogP contribution in [0.1, 0.15) is 102 Å². The molecule has 394 valence electrons. The lowest BCUT2D eigenvalue weighted by Gasteiger charge is -2.22. The van der Waals surface area contributed by atoms with E-state index >= 15 is 0 Å².